The van der Waals surface area contributed by atoms with Crippen molar-refractivity contribution in [2.75, 3.05) is 13.2 Å². The fourth-order valence-corrected chi connectivity index (χ4v) is 0.185. The van der Waals surface area contributed by atoms with Gasteiger partial charge in [0.2, 0.25) is 0 Å². The molecule has 0 aromatic carbocycles. The van der Waals surface area contributed by atoms with Crippen LogP contribution in [0.2, 0.25) is 0 Å². The van der Waals surface area contributed by atoms with Crippen LogP contribution in [0.3, 0.4) is 0 Å². The molecule has 0 atom stereocenters. The lowest BCUT2D eigenvalue weighted by atomic mass is 10.1. The maximum Gasteiger partial charge on any atom is 0.328 e. The Morgan fingerprint density at radius 3 is 1.70 bits per heavy atom. The van der Waals surface area contributed by atoms with Crippen molar-refractivity contribution in [3.05, 3.63) is 0 Å². The molecule has 10 heavy (non-hydrogen) atoms. The van der Waals surface area contributed by atoms with Gasteiger partial charge < -0.3 is 21.1 Å². The molecular weight excluding hydrogens is 161 g/mol. The first kappa shape index (κ1) is 12.3. The summed E-state index contributed by atoms with van der Waals surface area (Å²) in [6.07, 6.45) is 0. The monoisotopic (exact) mass is 171 g/mol. The van der Waals surface area contributed by atoms with Crippen molar-refractivity contribution in [2.45, 2.75) is 5.54 Å². The fourth-order valence-electron chi connectivity index (χ4n) is 0.185. The molecule has 0 aromatic heterocycles. The van der Waals surface area contributed by atoms with Crippen LogP contribution < -0.4 is 5.73 Å². The van der Waals surface area contributed by atoms with E-state index in [0.29, 0.717) is 0 Å². The third kappa shape index (κ3) is 2.49. The van der Waals surface area contributed by atoms with Crippen LogP contribution in [0.5, 0.6) is 0 Å². The summed E-state index contributed by atoms with van der Waals surface area (Å²) < 4.78 is 0. The molecule has 0 aliphatic carbocycles. The SMILES string of the molecule is Cl.NC(CO)(CO)C(=O)O. The van der Waals surface area contributed by atoms with E-state index in [4.69, 9.17) is 21.1 Å². The first-order chi connectivity index (χ1) is 4.06. The topological polar surface area (TPSA) is 104 Å². The molecule has 5 nitrogen and oxygen atoms in total. The van der Waals surface area contributed by atoms with Crippen LogP contribution in [0.25, 0.3) is 0 Å². The highest BCUT2D eigenvalue weighted by atomic mass is 35.5. The smallest absolute Gasteiger partial charge is 0.328 e. The largest absolute Gasteiger partial charge is 0.480 e. The number of aliphatic hydroxyl groups excluding tert-OH is 2. The van der Waals surface area contributed by atoms with Crippen molar-refractivity contribution >= 4 is 18.4 Å². The first-order valence-corrected chi connectivity index (χ1v) is 2.31. The minimum Gasteiger partial charge on any atom is -0.480 e. The molecule has 0 rings (SSSR count). The molecule has 0 spiro atoms. The van der Waals surface area contributed by atoms with Gasteiger partial charge in [0.25, 0.3) is 0 Å². The molecule has 0 saturated carbocycles. The highest BCUT2D eigenvalue weighted by Crippen LogP contribution is 1.95. The summed E-state index contributed by atoms with van der Waals surface area (Å²) in [5.74, 6) is -1.41. The summed E-state index contributed by atoms with van der Waals surface area (Å²) in [5.41, 5.74) is 3.05. The number of hydrogen-bond acceptors (Lipinski definition) is 4. The van der Waals surface area contributed by atoms with E-state index >= 15 is 0 Å². The van der Waals surface area contributed by atoms with Gasteiger partial charge in [-0.05, 0) is 0 Å². The Morgan fingerprint density at radius 2 is 1.70 bits per heavy atom. The van der Waals surface area contributed by atoms with E-state index < -0.39 is 24.7 Å². The van der Waals surface area contributed by atoms with Gasteiger partial charge in [-0.2, -0.15) is 0 Å². The van der Waals surface area contributed by atoms with Crippen LogP contribution in [0.15, 0.2) is 0 Å². The summed E-state index contributed by atoms with van der Waals surface area (Å²) in [4.78, 5) is 10.0. The average molecular weight is 172 g/mol. The third-order valence-corrected chi connectivity index (χ3v) is 0.990. The molecule has 0 amide bonds. The predicted molar refractivity (Wildman–Crippen MR) is 36.0 cm³/mol. The lowest BCUT2D eigenvalue weighted by Crippen LogP contribution is -2.54. The van der Waals surface area contributed by atoms with Crippen molar-refractivity contribution in [2.24, 2.45) is 5.73 Å². The van der Waals surface area contributed by atoms with E-state index in [0.717, 1.165) is 0 Å². The number of carboxylic acid groups (broad SMARTS) is 1. The van der Waals surface area contributed by atoms with Crippen molar-refractivity contribution in [3.8, 4) is 0 Å². The van der Waals surface area contributed by atoms with Gasteiger partial charge in [0.1, 0.15) is 0 Å². The van der Waals surface area contributed by atoms with E-state index in [1.165, 1.54) is 0 Å². The number of aliphatic hydroxyl groups is 2. The van der Waals surface area contributed by atoms with Gasteiger partial charge in [0, 0.05) is 0 Å². The Bertz CT molecular complexity index is 114. The number of aliphatic carboxylic acids is 1. The molecule has 0 unspecified atom stereocenters. The lowest BCUT2D eigenvalue weighted by molar-refractivity contribution is -0.146. The molecule has 0 fully saturated rings. The second-order valence-corrected chi connectivity index (χ2v) is 1.78. The molecule has 6 heteroatoms. The van der Waals surface area contributed by atoms with Gasteiger partial charge >= 0.3 is 5.97 Å². The molecule has 0 aliphatic heterocycles. The minimum absolute atomic E-state index is 0. The number of carboxylic acids is 1. The highest BCUT2D eigenvalue weighted by Gasteiger charge is 2.32. The molecule has 0 aliphatic rings. The van der Waals surface area contributed by atoms with Gasteiger partial charge in [-0.1, -0.05) is 0 Å². The van der Waals surface area contributed by atoms with Crippen LogP contribution in [0.4, 0.5) is 0 Å². The number of rotatable bonds is 3. The normalized spacial score (nSPS) is 10.3. The number of halogens is 1. The molecule has 0 heterocycles. The Labute approximate surface area is 63.9 Å². The number of carbonyl (C=O) groups is 1. The van der Waals surface area contributed by atoms with Crippen LogP contribution in [0.1, 0.15) is 0 Å². The van der Waals surface area contributed by atoms with Gasteiger partial charge in [-0.25, -0.2) is 0 Å². The van der Waals surface area contributed by atoms with Crippen LogP contribution in [-0.2, 0) is 4.79 Å². The van der Waals surface area contributed by atoms with E-state index in [1.54, 1.807) is 0 Å². The van der Waals surface area contributed by atoms with Gasteiger partial charge in [-0.3, -0.25) is 4.79 Å². The first-order valence-electron chi connectivity index (χ1n) is 2.31. The van der Waals surface area contributed by atoms with Crippen molar-refractivity contribution in [3.63, 3.8) is 0 Å². The quantitative estimate of drug-likeness (QED) is 0.400. The molecular formula is C4H10ClNO4. The summed E-state index contributed by atoms with van der Waals surface area (Å²) in [6, 6.07) is 0. The molecule has 0 radical (unpaired) electrons. The lowest BCUT2D eigenvalue weighted by Gasteiger charge is -2.17. The highest BCUT2D eigenvalue weighted by molar-refractivity contribution is 5.85. The Morgan fingerprint density at radius 1 is 1.40 bits per heavy atom. The molecule has 0 saturated heterocycles. The summed E-state index contributed by atoms with van der Waals surface area (Å²) >= 11 is 0. The minimum atomic E-state index is -1.89. The van der Waals surface area contributed by atoms with Crippen LogP contribution >= 0.6 is 12.4 Å². The Hall–Kier alpha value is -0.360. The summed E-state index contributed by atoms with van der Waals surface area (Å²) in [6.45, 7) is -1.53. The second-order valence-electron chi connectivity index (χ2n) is 1.78. The van der Waals surface area contributed by atoms with E-state index in [2.05, 4.69) is 0 Å². The third-order valence-electron chi connectivity index (χ3n) is 0.990. The van der Waals surface area contributed by atoms with Gasteiger partial charge in [-0.15, -0.1) is 12.4 Å². The number of hydrogen-bond donors (Lipinski definition) is 4. The van der Waals surface area contributed by atoms with Crippen molar-refractivity contribution in [1.82, 2.24) is 0 Å². The zero-order chi connectivity index (χ0) is 7.49. The molecule has 5 N–H and O–H groups in total. The van der Waals surface area contributed by atoms with E-state index in [1.807, 2.05) is 0 Å². The zero-order valence-electron chi connectivity index (χ0n) is 5.15. The second kappa shape index (κ2) is 4.45. The fraction of sp³-hybridized carbons (Fsp3) is 0.750. The summed E-state index contributed by atoms with van der Waals surface area (Å²) in [7, 11) is 0. The maximum absolute atomic E-state index is 10.0. The van der Waals surface area contributed by atoms with Crippen molar-refractivity contribution in [1.29, 1.82) is 0 Å². The van der Waals surface area contributed by atoms with Crippen LogP contribution in [-0.4, -0.2) is 40.0 Å². The van der Waals surface area contributed by atoms with E-state index in [9.17, 15) is 4.79 Å². The predicted octanol–water partition coefficient (Wildman–Crippen LogP) is -1.83. The van der Waals surface area contributed by atoms with Gasteiger partial charge in [0.15, 0.2) is 5.54 Å². The van der Waals surface area contributed by atoms with Crippen molar-refractivity contribution < 1.29 is 20.1 Å². The van der Waals surface area contributed by atoms with Crippen LogP contribution in [0, 0.1) is 0 Å². The standard InChI is InChI=1S/C4H9NO4.ClH/c5-4(1-6,2-7)3(8)9;/h6-7H,1-2,5H2,(H,8,9);1H. The molecule has 0 aromatic rings. The summed E-state index contributed by atoms with van der Waals surface area (Å²) in [5, 5.41) is 24.8. The number of nitrogens with two attached hydrogens (primary N) is 1. The average Bonchev–Trinajstić information content (AvgIpc) is 1.86. The zero-order valence-corrected chi connectivity index (χ0v) is 5.97. The molecule has 0 bridgehead atoms. The van der Waals surface area contributed by atoms with Gasteiger partial charge in [0.05, 0.1) is 13.2 Å². The molecule has 62 valence electrons. The Balaban J connectivity index is 0. The maximum atomic E-state index is 10.0. The van der Waals surface area contributed by atoms with E-state index in [-0.39, 0.29) is 12.4 Å². The Kier molecular flexibility index (Phi) is 5.49.